The third-order valence-electron chi connectivity index (χ3n) is 5.97. The number of carboxylic acid groups (broad SMARTS) is 1. The number of nitrogens with zero attached hydrogens (tertiary/aromatic N) is 2. The van der Waals surface area contributed by atoms with Crippen molar-refractivity contribution in [2.24, 2.45) is 0 Å². The normalized spacial score (nSPS) is 12.6. The van der Waals surface area contributed by atoms with Gasteiger partial charge in [0.1, 0.15) is 0 Å². The maximum absolute atomic E-state index is 13.3. The van der Waals surface area contributed by atoms with E-state index in [0.29, 0.717) is 34.7 Å². The van der Waals surface area contributed by atoms with E-state index in [-0.39, 0.29) is 16.8 Å². The molecule has 3 aromatic carbocycles. The molecule has 2 heterocycles. The molecule has 33 heavy (non-hydrogen) atoms. The first-order chi connectivity index (χ1) is 15.9. The Morgan fingerprint density at radius 1 is 1.06 bits per heavy atom. The molecule has 0 atom stereocenters. The van der Waals surface area contributed by atoms with E-state index in [1.807, 2.05) is 6.07 Å². The van der Waals surface area contributed by atoms with E-state index in [4.69, 9.17) is 16.7 Å². The number of aromatic carboxylic acids is 1. The highest BCUT2D eigenvalue weighted by Gasteiger charge is 2.22. The number of carboxylic acids is 1. The topological polar surface area (TPSA) is 93.3 Å². The van der Waals surface area contributed by atoms with Crippen LogP contribution >= 0.6 is 11.6 Å². The number of halogens is 1. The number of anilines is 1. The lowest BCUT2D eigenvalue weighted by Crippen LogP contribution is -2.40. The van der Waals surface area contributed by atoms with Gasteiger partial charge in [-0.1, -0.05) is 29.8 Å². The summed E-state index contributed by atoms with van der Waals surface area (Å²) in [4.78, 5) is 37.7. The molecule has 5 rings (SSSR count). The highest BCUT2D eigenvalue weighted by Crippen LogP contribution is 2.29. The zero-order valence-electron chi connectivity index (χ0n) is 17.5. The van der Waals surface area contributed by atoms with Gasteiger partial charge in [0.15, 0.2) is 0 Å². The number of nitrogens with one attached hydrogen (secondary N) is 1. The van der Waals surface area contributed by atoms with E-state index in [1.165, 1.54) is 4.57 Å². The molecule has 0 spiro atoms. The fraction of sp³-hybridized carbons (Fsp3) is 0.160. The molecule has 0 unspecified atom stereocenters. The molecular formula is C25H20ClN3O4. The second-order valence-corrected chi connectivity index (χ2v) is 8.44. The first-order valence-electron chi connectivity index (χ1n) is 10.6. The summed E-state index contributed by atoms with van der Waals surface area (Å²) >= 11 is 6.10. The number of benzene rings is 3. The van der Waals surface area contributed by atoms with Crippen LogP contribution in [-0.2, 0) is 19.5 Å². The lowest BCUT2D eigenvalue weighted by Gasteiger charge is -2.23. The highest BCUT2D eigenvalue weighted by molar-refractivity contribution is 6.30. The molecule has 0 fully saturated rings. The lowest BCUT2D eigenvalue weighted by atomic mass is 9.99. The van der Waals surface area contributed by atoms with Crippen LogP contribution in [0.4, 0.5) is 5.69 Å². The largest absolute Gasteiger partial charge is 0.478 e. The fourth-order valence-corrected chi connectivity index (χ4v) is 4.57. The van der Waals surface area contributed by atoms with Gasteiger partial charge in [0, 0.05) is 23.8 Å². The molecule has 0 saturated heterocycles. The van der Waals surface area contributed by atoms with Crippen molar-refractivity contribution >= 4 is 34.2 Å². The maximum Gasteiger partial charge on any atom is 0.336 e. The predicted molar refractivity (Wildman–Crippen MR) is 128 cm³/mol. The molecule has 4 aromatic rings. The summed E-state index contributed by atoms with van der Waals surface area (Å²) in [6.07, 6.45) is 1.53. The van der Waals surface area contributed by atoms with Crippen molar-refractivity contribution in [3.63, 3.8) is 0 Å². The van der Waals surface area contributed by atoms with Crippen molar-refractivity contribution in [2.45, 2.75) is 25.9 Å². The van der Waals surface area contributed by atoms with Crippen molar-refractivity contribution in [1.82, 2.24) is 9.13 Å². The summed E-state index contributed by atoms with van der Waals surface area (Å²) < 4.78 is 2.85. The standard InChI is InChI=1S/C25H20ClN3O4/c26-17-3-1-4-18(13-17)29-23(30)20-10-11-21(19-5-2-12-28(22(19)20)25(29)33)27-14-15-6-8-16(9-7-15)24(31)32/h1,3-4,6-11,13,27H,2,5,12,14H2,(H,31,32). The van der Waals surface area contributed by atoms with Gasteiger partial charge in [-0.3, -0.25) is 9.36 Å². The number of aromatic nitrogens is 2. The summed E-state index contributed by atoms with van der Waals surface area (Å²) in [5, 5.41) is 13.4. The van der Waals surface area contributed by atoms with Crippen molar-refractivity contribution in [2.75, 3.05) is 5.32 Å². The SMILES string of the molecule is O=C(O)c1ccc(CNc2ccc3c(=O)n(-c4cccc(Cl)c4)c(=O)n4c3c2CCC4)cc1. The van der Waals surface area contributed by atoms with Crippen molar-refractivity contribution < 1.29 is 9.90 Å². The molecule has 1 aromatic heterocycles. The van der Waals surface area contributed by atoms with Gasteiger partial charge in [0.25, 0.3) is 5.56 Å². The number of carbonyl (C=O) groups is 1. The molecule has 0 saturated carbocycles. The second-order valence-electron chi connectivity index (χ2n) is 8.00. The quantitative estimate of drug-likeness (QED) is 0.467. The average molecular weight is 462 g/mol. The Labute approximate surface area is 193 Å². The van der Waals surface area contributed by atoms with Gasteiger partial charge in [0.2, 0.25) is 0 Å². The molecule has 2 N–H and O–H groups in total. The van der Waals surface area contributed by atoms with Crippen molar-refractivity contribution in [1.29, 1.82) is 0 Å². The molecule has 8 heteroatoms. The molecule has 0 bridgehead atoms. The summed E-state index contributed by atoms with van der Waals surface area (Å²) in [5.74, 6) is -0.963. The minimum atomic E-state index is -0.963. The van der Waals surface area contributed by atoms with Crippen LogP contribution < -0.4 is 16.6 Å². The monoisotopic (exact) mass is 461 g/mol. The molecular weight excluding hydrogens is 442 g/mol. The predicted octanol–water partition coefficient (Wildman–Crippen LogP) is 4.06. The number of aryl methyl sites for hydroxylation is 2. The van der Waals surface area contributed by atoms with E-state index in [2.05, 4.69) is 5.32 Å². The summed E-state index contributed by atoms with van der Waals surface area (Å²) in [6, 6.07) is 17.0. The van der Waals surface area contributed by atoms with Gasteiger partial charge in [-0.15, -0.1) is 0 Å². The van der Waals surface area contributed by atoms with Crippen LogP contribution in [0.15, 0.2) is 70.3 Å². The third-order valence-corrected chi connectivity index (χ3v) is 6.20. The Bertz CT molecular complexity index is 1520. The zero-order chi connectivity index (χ0) is 23.1. The second kappa shape index (κ2) is 8.26. The van der Waals surface area contributed by atoms with Gasteiger partial charge < -0.3 is 10.4 Å². The summed E-state index contributed by atoms with van der Waals surface area (Å²) in [5.41, 5.74) is 3.33. The van der Waals surface area contributed by atoms with Crippen LogP contribution in [0.5, 0.6) is 0 Å². The molecule has 0 amide bonds. The molecule has 166 valence electrons. The zero-order valence-corrected chi connectivity index (χ0v) is 18.3. The molecule has 0 radical (unpaired) electrons. The van der Waals surface area contributed by atoms with Crippen LogP contribution in [0, 0.1) is 0 Å². The van der Waals surface area contributed by atoms with Crippen molar-refractivity contribution in [3.8, 4) is 5.69 Å². The van der Waals surface area contributed by atoms with E-state index in [1.54, 1.807) is 59.2 Å². The Balaban J connectivity index is 1.58. The molecule has 7 nitrogen and oxygen atoms in total. The summed E-state index contributed by atoms with van der Waals surface area (Å²) in [7, 11) is 0. The number of rotatable bonds is 5. The smallest absolute Gasteiger partial charge is 0.336 e. The average Bonchev–Trinajstić information content (AvgIpc) is 2.81. The minimum absolute atomic E-state index is 0.236. The molecule has 1 aliphatic rings. The summed E-state index contributed by atoms with van der Waals surface area (Å²) in [6.45, 7) is 1.02. The fourth-order valence-electron chi connectivity index (χ4n) is 4.39. The van der Waals surface area contributed by atoms with Gasteiger partial charge in [0.05, 0.1) is 22.2 Å². The Morgan fingerprint density at radius 3 is 2.58 bits per heavy atom. The number of hydrogen-bond acceptors (Lipinski definition) is 4. The van der Waals surface area contributed by atoms with Crippen LogP contribution in [0.3, 0.4) is 0 Å². The lowest BCUT2D eigenvalue weighted by molar-refractivity contribution is 0.0697. The first-order valence-corrected chi connectivity index (χ1v) is 11.0. The molecule has 1 aliphatic heterocycles. The van der Waals surface area contributed by atoms with Gasteiger partial charge >= 0.3 is 11.7 Å². The minimum Gasteiger partial charge on any atom is -0.478 e. The van der Waals surface area contributed by atoms with Gasteiger partial charge in [-0.2, -0.15) is 0 Å². The van der Waals surface area contributed by atoms with Crippen LogP contribution in [0.2, 0.25) is 5.02 Å². The molecule has 0 aliphatic carbocycles. The van der Waals surface area contributed by atoms with Crippen molar-refractivity contribution in [3.05, 3.63) is 103 Å². The Kier molecular flexibility index (Phi) is 5.26. The van der Waals surface area contributed by atoms with Crippen LogP contribution in [-0.4, -0.2) is 20.2 Å². The Hall–Kier alpha value is -3.84. The van der Waals surface area contributed by atoms with E-state index >= 15 is 0 Å². The number of hydrogen-bond donors (Lipinski definition) is 2. The van der Waals surface area contributed by atoms with E-state index in [0.717, 1.165) is 29.7 Å². The van der Waals surface area contributed by atoms with Crippen LogP contribution in [0.1, 0.15) is 27.9 Å². The van der Waals surface area contributed by atoms with E-state index < -0.39 is 5.97 Å². The third kappa shape index (κ3) is 3.70. The van der Waals surface area contributed by atoms with Crippen LogP contribution in [0.25, 0.3) is 16.6 Å². The highest BCUT2D eigenvalue weighted by atomic mass is 35.5. The first kappa shape index (κ1) is 21.0. The Morgan fingerprint density at radius 2 is 1.85 bits per heavy atom. The maximum atomic E-state index is 13.3. The van der Waals surface area contributed by atoms with E-state index in [9.17, 15) is 14.4 Å². The van der Waals surface area contributed by atoms with Gasteiger partial charge in [-0.25, -0.2) is 14.2 Å². The van der Waals surface area contributed by atoms with Gasteiger partial charge in [-0.05, 0) is 66.4 Å².